The number of rotatable bonds is 3. The molecule has 0 amide bonds. The summed E-state index contributed by atoms with van der Waals surface area (Å²) in [5.74, 6) is -0.167. The minimum Gasteiger partial charge on any atom is -0.417 e. The van der Waals surface area contributed by atoms with E-state index in [4.69, 9.17) is 33.2 Å². The molecule has 0 bridgehead atoms. The molecule has 2 aromatic rings. The predicted octanol–water partition coefficient (Wildman–Crippen LogP) is 3.36. The molecule has 2 rings (SSSR count). The third-order valence-corrected chi connectivity index (χ3v) is 2.87. The maximum absolute atomic E-state index is 10.9. The topological polar surface area (TPSA) is 102 Å². The normalized spacial score (nSPS) is 9.85. The van der Waals surface area contributed by atoms with Gasteiger partial charge in [-0.05, 0) is 6.07 Å². The van der Waals surface area contributed by atoms with Crippen LogP contribution in [-0.4, -0.2) is 14.9 Å². The molecular formula is C11H4Cl2N4O3. The van der Waals surface area contributed by atoms with Gasteiger partial charge in [0.05, 0.1) is 15.0 Å². The summed E-state index contributed by atoms with van der Waals surface area (Å²) >= 11 is 11.5. The number of halogens is 2. The summed E-state index contributed by atoms with van der Waals surface area (Å²) in [6, 6.07) is 5.21. The lowest BCUT2D eigenvalue weighted by Crippen LogP contribution is -1.97. The highest BCUT2D eigenvalue weighted by molar-refractivity contribution is 6.42. The van der Waals surface area contributed by atoms with Crippen molar-refractivity contribution in [3.8, 4) is 17.8 Å². The first kappa shape index (κ1) is 14.0. The molecule has 0 fully saturated rings. The van der Waals surface area contributed by atoms with E-state index in [2.05, 4.69) is 9.97 Å². The number of nitro groups is 1. The van der Waals surface area contributed by atoms with Gasteiger partial charge in [0.1, 0.15) is 11.8 Å². The molecule has 0 saturated heterocycles. The van der Waals surface area contributed by atoms with Crippen LogP contribution in [0.3, 0.4) is 0 Å². The number of aromatic nitrogens is 2. The Kier molecular flexibility index (Phi) is 3.98. The zero-order valence-corrected chi connectivity index (χ0v) is 11.1. The fourth-order valence-electron chi connectivity index (χ4n) is 1.29. The van der Waals surface area contributed by atoms with Gasteiger partial charge in [-0.25, -0.2) is 4.98 Å². The zero-order chi connectivity index (χ0) is 14.7. The molecule has 0 aliphatic heterocycles. The molecule has 20 heavy (non-hydrogen) atoms. The Balaban J connectivity index is 2.45. The average molecular weight is 311 g/mol. The molecule has 1 heterocycles. The Morgan fingerprint density at radius 3 is 2.70 bits per heavy atom. The van der Waals surface area contributed by atoms with Crippen LogP contribution in [0.4, 0.5) is 5.69 Å². The lowest BCUT2D eigenvalue weighted by molar-refractivity contribution is -0.385. The lowest BCUT2D eigenvalue weighted by atomic mass is 10.3. The molecule has 7 nitrogen and oxygen atoms in total. The minimum atomic E-state index is -0.675. The lowest BCUT2D eigenvalue weighted by Gasteiger charge is -2.05. The SMILES string of the molecule is N#Cc1ccnc(Oc2cc(Cl)c(Cl)cc2[N+](=O)[O-])n1. The van der Waals surface area contributed by atoms with Crippen LogP contribution in [0.25, 0.3) is 0 Å². The third-order valence-electron chi connectivity index (χ3n) is 2.15. The highest BCUT2D eigenvalue weighted by Crippen LogP contribution is 2.37. The predicted molar refractivity (Wildman–Crippen MR) is 69.9 cm³/mol. The molecule has 0 atom stereocenters. The van der Waals surface area contributed by atoms with E-state index in [1.165, 1.54) is 18.3 Å². The maximum atomic E-state index is 10.9. The number of hydrogen-bond acceptors (Lipinski definition) is 6. The van der Waals surface area contributed by atoms with Crippen molar-refractivity contribution in [1.82, 2.24) is 9.97 Å². The van der Waals surface area contributed by atoms with E-state index in [9.17, 15) is 10.1 Å². The van der Waals surface area contributed by atoms with Crippen LogP contribution in [-0.2, 0) is 0 Å². The first-order valence-electron chi connectivity index (χ1n) is 5.05. The van der Waals surface area contributed by atoms with Crippen LogP contribution in [0.15, 0.2) is 24.4 Å². The minimum absolute atomic E-state index is 0.0254. The van der Waals surface area contributed by atoms with E-state index < -0.39 is 4.92 Å². The molecule has 1 aromatic heterocycles. The van der Waals surface area contributed by atoms with Crippen molar-refractivity contribution in [2.45, 2.75) is 0 Å². The van der Waals surface area contributed by atoms with Crippen molar-refractivity contribution in [3.05, 3.63) is 50.2 Å². The Hall–Kier alpha value is -2.43. The van der Waals surface area contributed by atoms with Crippen molar-refractivity contribution in [2.75, 3.05) is 0 Å². The summed E-state index contributed by atoms with van der Waals surface area (Å²) in [6.07, 6.45) is 1.30. The second-order valence-corrected chi connectivity index (χ2v) is 4.24. The third kappa shape index (κ3) is 2.93. The molecule has 0 radical (unpaired) electrons. The second kappa shape index (κ2) is 5.69. The molecule has 0 aliphatic carbocycles. The zero-order valence-electron chi connectivity index (χ0n) is 9.58. The molecule has 0 unspecified atom stereocenters. The Morgan fingerprint density at radius 1 is 1.35 bits per heavy atom. The fourth-order valence-corrected chi connectivity index (χ4v) is 1.60. The van der Waals surface area contributed by atoms with Crippen molar-refractivity contribution < 1.29 is 9.66 Å². The monoisotopic (exact) mass is 310 g/mol. The second-order valence-electron chi connectivity index (χ2n) is 3.43. The quantitative estimate of drug-likeness (QED) is 0.636. The average Bonchev–Trinajstić information content (AvgIpc) is 2.42. The standard InChI is InChI=1S/C11H4Cl2N4O3/c12-7-3-9(17(18)19)10(4-8(7)13)20-11-15-2-1-6(5-14)16-11/h1-4H. The van der Waals surface area contributed by atoms with E-state index in [0.717, 1.165) is 6.07 Å². The van der Waals surface area contributed by atoms with Crippen LogP contribution in [0.1, 0.15) is 5.69 Å². The van der Waals surface area contributed by atoms with Crippen LogP contribution < -0.4 is 4.74 Å². The highest BCUT2D eigenvalue weighted by Gasteiger charge is 2.20. The van der Waals surface area contributed by atoms with E-state index in [0.29, 0.717) is 0 Å². The van der Waals surface area contributed by atoms with Crippen LogP contribution >= 0.6 is 23.2 Å². The van der Waals surface area contributed by atoms with E-state index in [-0.39, 0.29) is 33.2 Å². The van der Waals surface area contributed by atoms with Gasteiger partial charge in [0.15, 0.2) is 0 Å². The number of benzene rings is 1. The summed E-state index contributed by atoms with van der Waals surface area (Å²) in [4.78, 5) is 17.8. The van der Waals surface area contributed by atoms with E-state index in [1.807, 2.05) is 0 Å². The molecule has 0 aliphatic rings. The number of nitro benzene ring substituents is 1. The molecule has 1 aromatic carbocycles. The van der Waals surface area contributed by atoms with Gasteiger partial charge in [0, 0.05) is 18.3 Å². The Morgan fingerprint density at radius 2 is 2.05 bits per heavy atom. The van der Waals surface area contributed by atoms with Crippen molar-refractivity contribution in [1.29, 1.82) is 5.26 Å². The highest BCUT2D eigenvalue weighted by atomic mass is 35.5. The van der Waals surface area contributed by atoms with Crippen LogP contribution in [0.2, 0.25) is 10.0 Å². The Labute approximate surface area is 122 Å². The van der Waals surface area contributed by atoms with Gasteiger partial charge in [-0.15, -0.1) is 0 Å². The van der Waals surface area contributed by atoms with Gasteiger partial charge in [-0.2, -0.15) is 10.2 Å². The van der Waals surface area contributed by atoms with Gasteiger partial charge >= 0.3 is 11.7 Å². The molecular weight excluding hydrogens is 307 g/mol. The van der Waals surface area contributed by atoms with E-state index >= 15 is 0 Å². The van der Waals surface area contributed by atoms with Gasteiger partial charge in [-0.3, -0.25) is 10.1 Å². The van der Waals surface area contributed by atoms with Gasteiger partial charge in [0.2, 0.25) is 5.75 Å². The summed E-state index contributed by atoms with van der Waals surface area (Å²) in [5, 5.41) is 19.8. The molecule has 0 spiro atoms. The van der Waals surface area contributed by atoms with Crippen molar-refractivity contribution in [3.63, 3.8) is 0 Å². The summed E-state index contributed by atoms with van der Waals surface area (Å²) in [7, 11) is 0. The smallest absolute Gasteiger partial charge is 0.323 e. The van der Waals surface area contributed by atoms with Crippen LogP contribution in [0, 0.1) is 21.4 Å². The van der Waals surface area contributed by atoms with Crippen molar-refractivity contribution in [2.24, 2.45) is 0 Å². The van der Waals surface area contributed by atoms with Gasteiger partial charge in [-0.1, -0.05) is 23.2 Å². The van der Waals surface area contributed by atoms with Gasteiger partial charge in [0.25, 0.3) is 0 Å². The maximum Gasteiger partial charge on any atom is 0.323 e. The number of ether oxygens (including phenoxy) is 1. The fraction of sp³-hybridized carbons (Fsp3) is 0. The molecule has 0 saturated carbocycles. The summed E-state index contributed by atoms with van der Waals surface area (Å²) < 4.78 is 5.19. The van der Waals surface area contributed by atoms with E-state index in [1.54, 1.807) is 6.07 Å². The van der Waals surface area contributed by atoms with Gasteiger partial charge < -0.3 is 4.74 Å². The van der Waals surface area contributed by atoms with Crippen molar-refractivity contribution >= 4 is 28.9 Å². The number of nitrogens with zero attached hydrogens (tertiary/aromatic N) is 4. The summed E-state index contributed by atoms with van der Waals surface area (Å²) in [5.41, 5.74) is -0.317. The largest absolute Gasteiger partial charge is 0.417 e. The Bertz CT molecular complexity index is 730. The summed E-state index contributed by atoms with van der Waals surface area (Å²) in [6.45, 7) is 0. The van der Waals surface area contributed by atoms with Crippen LogP contribution in [0.5, 0.6) is 11.8 Å². The number of hydrogen-bond donors (Lipinski definition) is 0. The molecule has 100 valence electrons. The molecule has 9 heteroatoms. The molecule has 0 N–H and O–H groups in total. The number of nitriles is 1. The first-order valence-corrected chi connectivity index (χ1v) is 5.81. The first-order chi connectivity index (χ1) is 9.51.